The Morgan fingerprint density at radius 2 is 1.63 bits per heavy atom. The summed E-state index contributed by atoms with van der Waals surface area (Å²) in [6.45, 7) is 3.57. The normalized spacial score (nSPS) is 16.6. The number of nitrogens with zero attached hydrogens (tertiary/aromatic N) is 1. The van der Waals surface area contributed by atoms with E-state index in [0.29, 0.717) is 55.2 Å². The Hall–Kier alpha value is -3.10. The molecular weight excluding hydrogens is 484 g/mol. The zero-order valence-electron chi connectivity index (χ0n) is 22.3. The molecule has 0 spiro atoms. The topological polar surface area (TPSA) is 97.3 Å². The first-order valence-corrected chi connectivity index (χ1v) is 13.8. The Balaban J connectivity index is 1.22. The van der Waals surface area contributed by atoms with Crippen molar-refractivity contribution in [3.8, 4) is 17.2 Å². The van der Waals surface area contributed by atoms with Gasteiger partial charge in [0.05, 0.1) is 13.2 Å². The number of amides is 1. The third kappa shape index (κ3) is 7.95. The zero-order chi connectivity index (χ0) is 26.7. The molecule has 0 aliphatic carbocycles. The van der Waals surface area contributed by atoms with Crippen LogP contribution in [-0.2, 0) is 4.79 Å². The highest BCUT2D eigenvalue weighted by Crippen LogP contribution is 2.33. The lowest BCUT2D eigenvalue weighted by atomic mass is 10.00. The van der Waals surface area contributed by atoms with Gasteiger partial charge in [-0.2, -0.15) is 0 Å². The van der Waals surface area contributed by atoms with E-state index in [1.165, 1.54) is 0 Å². The third-order valence-electron chi connectivity index (χ3n) is 7.26. The van der Waals surface area contributed by atoms with E-state index in [0.717, 1.165) is 57.4 Å². The molecule has 0 saturated carbocycles. The van der Waals surface area contributed by atoms with E-state index in [9.17, 15) is 14.7 Å². The molecule has 2 atom stereocenters. The van der Waals surface area contributed by atoms with Gasteiger partial charge >= 0.3 is 0 Å². The molecule has 0 aromatic heterocycles. The number of hydrogen-bond acceptors (Lipinski definition) is 7. The average Bonchev–Trinajstić information content (AvgIpc) is 3.47. The first-order chi connectivity index (χ1) is 18.5. The van der Waals surface area contributed by atoms with Crippen LogP contribution < -0.4 is 19.5 Å². The maximum atomic E-state index is 12.8. The Labute approximate surface area is 225 Å². The minimum absolute atomic E-state index is 0.0555. The van der Waals surface area contributed by atoms with E-state index in [1.54, 1.807) is 31.4 Å². The van der Waals surface area contributed by atoms with Crippen LogP contribution in [0.1, 0.15) is 73.4 Å². The van der Waals surface area contributed by atoms with Gasteiger partial charge in [0, 0.05) is 24.9 Å². The van der Waals surface area contributed by atoms with Crippen LogP contribution in [0.4, 0.5) is 0 Å². The van der Waals surface area contributed by atoms with Crippen molar-refractivity contribution in [3.63, 3.8) is 0 Å². The molecular formula is C30H40N2O6. The van der Waals surface area contributed by atoms with Crippen molar-refractivity contribution in [2.24, 2.45) is 0 Å². The highest BCUT2D eigenvalue weighted by molar-refractivity contribution is 5.96. The molecule has 0 unspecified atom stereocenters. The maximum Gasteiger partial charge on any atom is 0.220 e. The summed E-state index contributed by atoms with van der Waals surface area (Å²) in [6, 6.07) is 12.3. The van der Waals surface area contributed by atoms with Crippen LogP contribution in [0.2, 0.25) is 0 Å². The van der Waals surface area contributed by atoms with E-state index >= 15 is 0 Å². The lowest BCUT2D eigenvalue weighted by Crippen LogP contribution is -2.46. The molecule has 2 aromatic carbocycles. The number of rotatable bonds is 14. The standard InChI is InChI=1S/C30H40N2O6/c1-36-24-13-10-22(11-14-24)26(33)8-4-2-3-5-9-29(34)31-25(21-32-16-6-7-17-32)30(35)23-12-15-27-28(20-23)38-19-18-37-27/h10-15,20,25,30,35H,2-9,16-19,21H2,1H3,(H,31,34)/t25-,30-/m1/s1. The van der Waals surface area contributed by atoms with Gasteiger partial charge in [0.25, 0.3) is 0 Å². The van der Waals surface area contributed by atoms with Crippen LogP contribution in [0.5, 0.6) is 17.2 Å². The van der Waals surface area contributed by atoms with Gasteiger partial charge in [0.1, 0.15) is 25.1 Å². The molecule has 0 radical (unpaired) electrons. The predicted octanol–water partition coefficient (Wildman–Crippen LogP) is 4.30. The number of aliphatic hydroxyl groups is 1. The molecule has 38 heavy (non-hydrogen) atoms. The number of likely N-dealkylation sites (tertiary alicyclic amines) is 1. The molecule has 4 rings (SSSR count). The van der Waals surface area contributed by atoms with Crippen molar-refractivity contribution in [2.45, 2.75) is 63.5 Å². The lowest BCUT2D eigenvalue weighted by Gasteiger charge is -2.29. The van der Waals surface area contributed by atoms with Gasteiger partial charge in [-0.1, -0.05) is 18.9 Å². The minimum Gasteiger partial charge on any atom is -0.497 e. The number of ketones is 1. The Kier molecular flexibility index (Phi) is 10.4. The fourth-order valence-electron chi connectivity index (χ4n) is 5.07. The number of Topliss-reactive ketones (excluding diaryl/α,β-unsaturated/α-hetero) is 1. The van der Waals surface area contributed by atoms with E-state index in [1.807, 2.05) is 18.2 Å². The van der Waals surface area contributed by atoms with Gasteiger partial charge < -0.3 is 29.5 Å². The van der Waals surface area contributed by atoms with Crippen LogP contribution in [0.15, 0.2) is 42.5 Å². The summed E-state index contributed by atoms with van der Waals surface area (Å²) in [7, 11) is 1.60. The summed E-state index contributed by atoms with van der Waals surface area (Å²) < 4.78 is 16.4. The van der Waals surface area contributed by atoms with Crippen LogP contribution in [0.25, 0.3) is 0 Å². The van der Waals surface area contributed by atoms with E-state index in [4.69, 9.17) is 14.2 Å². The number of fused-ring (bicyclic) bond motifs is 1. The van der Waals surface area contributed by atoms with E-state index in [2.05, 4.69) is 10.2 Å². The Morgan fingerprint density at radius 3 is 2.34 bits per heavy atom. The van der Waals surface area contributed by atoms with Gasteiger partial charge in [-0.05, 0) is 80.7 Å². The average molecular weight is 525 g/mol. The van der Waals surface area contributed by atoms with Gasteiger partial charge in [0.2, 0.25) is 5.91 Å². The number of carbonyl (C=O) groups is 2. The number of methoxy groups -OCH3 is 1. The van der Waals surface area contributed by atoms with Crippen LogP contribution in [-0.4, -0.2) is 67.7 Å². The molecule has 1 fully saturated rings. The summed E-state index contributed by atoms with van der Waals surface area (Å²) in [4.78, 5) is 27.5. The summed E-state index contributed by atoms with van der Waals surface area (Å²) in [5.74, 6) is 2.12. The summed E-state index contributed by atoms with van der Waals surface area (Å²) in [5.41, 5.74) is 1.41. The van der Waals surface area contributed by atoms with Gasteiger partial charge in [-0.25, -0.2) is 0 Å². The Bertz CT molecular complexity index is 1050. The smallest absolute Gasteiger partial charge is 0.220 e. The van der Waals surface area contributed by atoms with Crippen molar-refractivity contribution in [2.75, 3.05) is 40.0 Å². The minimum atomic E-state index is -0.848. The molecule has 1 saturated heterocycles. The van der Waals surface area contributed by atoms with Gasteiger partial charge in [-0.3, -0.25) is 9.59 Å². The van der Waals surface area contributed by atoms with E-state index < -0.39 is 12.1 Å². The lowest BCUT2D eigenvalue weighted by molar-refractivity contribution is -0.123. The molecule has 8 heteroatoms. The molecule has 2 aromatic rings. The van der Waals surface area contributed by atoms with Crippen molar-refractivity contribution >= 4 is 11.7 Å². The largest absolute Gasteiger partial charge is 0.497 e. The number of nitrogens with one attached hydrogen (secondary N) is 1. The fourth-order valence-corrected chi connectivity index (χ4v) is 5.07. The number of unbranched alkanes of at least 4 members (excludes halogenated alkanes) is 3. The molecule has 2 heterocycles. The summed E-state index contributed by atoms with van der Waals surface area (Å²) in [6.07, 6.45) is 5.65. The van der Waals surface area contributed by atoms with Gasteiger partial charge in [-0.15, -0.1) is 0 Å². The van der Waals surface area contributed by atoms with Crippen LogP contribution in [0.3, 0.4) is 0 Å². The first kappa shape index (κ1) is 27.9. The number of carbonyl (C=O) groups excluding carboxylic acids is 2. The van der Waals surface area contributed by atoms with Crippen LogP contribution >= 0.6 is 0 Å². The molecule has 2 aliphatic heterocycles. The second-order valence-corrected chi connectivity index (χ2v) is 10.1. The highest BCUT2D eigenvalue weighted by Gasteiger charge is 2.27. The summed E-state index contributed by atoms with van der Waals surface area (Å²) in [5, 5.41) is 14.3. The highest BCUT2D eigenvalue weighted by atomic mass is 16.6. The Morgan fingerprint density at radius 1 is 0.947 bits per heavy atom. The fraction of sp³-hybridized carbons (Fsp3) is 0.533. The molecule has 0 bridgehead atoms. The second-order valence-electron chi connectivity index (χ2n) is 10.1. The molecule has 2 aliphatic rings. The molecule has 2 N–H and O–H groups in total. The van der Waals surface area contributed by atoms with Crippen LogP contribution in [0, 0.1) is 0 Å². The quantitative estimate of drug-likeness (QED) is 0.281. The second kappa shape index (κ2) is 14.2. The van der Waals surface area contributed by atoms with Crippen molar-refractivity contribution < 1.29 is 28.9 Å². The zero-order valence-corrected chi connectivity index (χ0v) is 22.3. The number of aliphatic hydroxyl groups excluding tert-OH is 1. The number of hydrogen-bond donors (Lipinski definition) is 2. The summed E-state index contributed by atoms with van der Waals surface area (Å²) >= 11 is 0. The molecule has 1 amide bonds. The monoisotopic (exact) mass is 524 g/mol. The van der Waals surface area contributed by atoms with Crippen molar-refractivity contribution in [1.29, 1.82) is 0 Å². The first-order valence-electron chi connectivity index (χ1n) is 13.8. The molecule has 8 nitrogen and oxygen atoms in total. The number of benzene rings is 2. The molecule has 206 valence electrons. The SMILES string of the molecule is COc1ccc(C(=O)CCCCCCC(=O)N[C@H](CN2CCCC2)[C@H](O)c2ccc3c(c2)OCCO3)cc1. The maximum absolute atomic E-state index is 12.8. The van der Waals surface area contributed by atoms with E-state index in [-0.39, 0.29) is 11.7 Å². The number of ether oxygens (including phenoxy) is 3. The van der Waals surface area contributed by atoms with Crippen molar-refractivity contribution in [3.05, 3.63) is 53.6 Å². The van der Waals surface area contributed by atoms with Gasteiger partial charge in [0.15, 0.2) is 17.3 Å². The van der Waals surface area contributed by atoms with Crippen molar-refractivity contribution in [1.82, 2.24) is 10.2 Å². The third-order valence-corrected chi connectivity index (χ3v) is 7.26. The predicted molar refractivity (Wildman–Crippen MR) is 145 cm³/mol.